The maximum atomic E-state index is 13.4. The van der Waals surface area contributed by atoms with Gasteiger partial charge in [-0.2, -0.15) is 5.10 Å². The fourth-order valence-electron chi connectivity index (χ4n) is 6.21. The number of carbonyl (C=O) groups excluding carboxylic acids is 1. The Labute approximate surface area is 272 Å². The van der Waals surface area contributed by atoms with Crippen LogP contribution in [0.1, 0.15) is 65.5 Å². The monoisotopic (exact) mass is 639 g/mol. The Morgan fingerprint density at radius 3 is 2.72 bits per heavy atom. The van der Waals surface area contributed by atoms with E-state index < -0.39 is 6.10 Å². The fraction of sp³-hybridized carbons (Fsp3) is 0.371. The van der Waals surface area contributed by atoms with E-state index in [-0.39, 0.29) is 35.3 Å². The molecule has 6 rings (SSSR count). The molecular weight excluding hydrogens is 598 g/mol. The summed E-state index contributed by atoms with van der Waals surface area (Å²) < 4.78 is 7.48. The number of H-pyrrole nitrogens is 1. The lowest BCUT2D eigenvalue weighted by Crippen LogP contribution is -2.30. The molecule has 0 spiro atoms. The minimum absolute atomic E-state index is 0.0566. The number of rotatable bonds is 12. The highest BCUT2D eigenvalue weighted by molar-refractivity contribution is 5.95. The van der Waals surface area contributed by atoms with E-state index in [1.54, 1.807) is 18.2 Å². The first kappa shape index (κ1) is 32.2. The summed E-state index contributed by atoms with van der Waals surface area (Å²) in [4.78, 5) is 32.8. The molecule has 1 aliphatic heterocycles. The smallest absolute Gasteiger partial charge is 0.251 e. The number of aromatic amines is 1. The number of nitrogens with one attached hydrogen (secondary N) is 4. The Balaban J connectivity index is 1.14. The number of pyridine rings is 2. The van der Waals surface area contributed by atoms with Gasteiger partial charge in [-0.05, 0) is 61.6 Å². The number of hydrogen-bond acceptors (Lipinski definition) is 9. The lowest BCUT2D eigenvalue weighted by Gasteiger charge is -2.26. The Bertz CT molecular complexity index is 1950. The van der Waals surface area contributed by atoms with Crippen molar-refractivity contribution in [1.29, 1.82) is 0 Å². The number of ether oxygens (including phenoxy) is 1. The molecule has 1 aliphatic rings. The van der Waals surface area contributed by atoms with Crippen LogP contribution in [-0.4, -0.2) is 61.7 Å². The van der Waals surface area contributed by atoms with Gasteiger partial charge in [0, 0.05) is 73.7 Å². The summed E-state index contributed by atoms with van der Waals surface area (Å²) in [5.74, 6) is -0.251. The number of amides is 1. The highest BCUT2D eigenvalue weighted by Gasteiger charge is 2.22. The molecule has 0 saturated carbocycles. The Kier molecular flexibility index (Phi) is 9.81. The number of fused-ring (bicyclic) bond motifs is 2. The van der Waals surface area contributed by atoms with Crippen molar-refractivity contribution in [2.24, 2.45) is 0 Å². The number of aryl methyl sites for hydroxylation is 2. The maximum Gasteiger partial charge on any atom is 0.251 e. The summed E-state index contributed by atoms with van der Waals surface area (Å²) in [5.41, 5.74) is 5.66. The van der Waals surface area contributed by atoms with E-state index in [4.69, 9.17) is 9.72 Å². The predicted octanol–water partition coefficient (Wildman–Crippen LogP) is 3.90. The van der Waals surface area contributed by atoms with Gasteiger partial charge in [-0.1, -0.05) is 25.1 Å². The van der Waals surface area contributed by atoms with Gasteiger partial charge in [-0.15, -0.1) is 0 Å². The zero-order chi connectivity index (χ0) is 32.9. The quantitative estimate of drug-likeness (QED) is 0.119. The van der Waals surface area contributed by atoms with Gasteiger partial charge in [0.1, 0.15) is 5.75 Å². The van der Waals surface area contributed by atoms with Gasteiger partial charge in [-0.25, -0.2) is 9.67 Å². The van der Waals surface area contributed by atoms with Crippen molar-refractivity contribution in [3.05, 3.63) is 93.0 Å². The van der Waals surface area contributed by atoms with Gasteiger partial charge in [-0.3, -0.25) is 9.59 Å². The topological polar surface area (TPSA) is 166 Å². The number of aromatic nitrogens is 4. The second-order valence-corrected chi connectivity index (χ2v) is 11.8. The first-order valence-electron chi connectivity index (χ1n) is 16.2. The normalized spacial score (nSPS) is 14.4. The number of aliphatic hydroxyl groups is 1. The number of aromatic hydroxyl groups is 1. The zero-order valence-electron chi connectivity index (χ0n) is 26.7. The average molecular weight is 640 g/mol. The summed E-state index contributed by atoms with van der Waals surface area (Å²) in [5, 5.41) is 37.3. The lowest BCUT2D eigenvalue weighted by atomic mass is 10.0. The largest absolute Gasteiger partial charge is 0.506 e. The summed E-state index contributed by atoms with van der Waals surface area (Å²) in [6.07, 6.45) is 3.49. The van der Waals surface area contributed by atoms with Crippen molar-refractivity contribution in [3.63, 3.8) is 0 Å². The van der Waals surface area contributed by atoms with Gasteiger partial charge in [0.05, 0.1) is 28.9 Å². The van der Waals surface area contributed by atoms with E-state index >= 15 is 0 Å². The number of aliphatic hydroxyl groups excluding tert-OH is 1. The van der Waals surface area contributed by atoms with Crippen LogP contribution in [0.5, 0.6) is 5.75 Å². The summed E-state index contributed by atoms with van der Waals surface area (Å²) in [7, 11) is 0. The fourth-order valence-corrected chi connectivity index (χ4v) is 6.21. The van der Waals surface area contributed by atoms with E-state index in [0.29, 0.717) is 55.8 Å². The molecule has 1 fully saturated rings. The van der Waals surface area contributed by atoms with Crippen molar-refractivity contribution >= 4 is 33.5 Å². The second kappa shape index (κ2) is 14.3. The van der Waals surface area contributed by atoms with E-state index in [0.717, 1.165) is 46.4 Å². The molecule has 2 aromatic carbocycles. The minimum Gasteiger partial charge on any atom is -0.506 e. The molecule has 1 unspecified atom stereocenters. The van der Waals surface area contributed by atoms with Crippen LogP contribution in [0.2, 0.25) is 0 Å². The van der Waals surface area contributed by atoms with Crippen LogP contribution in [-0.2, 0) is 30.8 Å². The Morgan fingerprint density at radius 1 is 1.11 bits per heavy atom. The standard InChI is InChI=1S/C35H41N7O5/c1-3-28-26(32(39-23-12-14-47-15-13-23)27-19-38-42(4-2)34(27)40-28)18-37-35(46)22-7-5-6-21(16-22)17-36-20-30(44)24-8-10-29(43)33-25(24)9-11-31(45)41-33/h5-11,16,19,23,30,36,43-44H,3-4,12-15,17-18,20H2,1-2H3,(H,37,46)(H,39,40)(H,41,45). The number of benzene rings is 2. The third kappa shape index (κ3) is 6.99. The van der Waals surface area contributed by atoms with Gasteiger partial charge in [0.25, 0.3) is 5.91 Å². The molecule has 5 aromatic rings. The molecule has 12 heteroatoms. The van der Waals surface area contributed by atoms with Crippen molar-refractivity contribution in [1.82, 2.24) is 30.4 Å². The van der Waals surface area contributed by atoms with Crippen LogP contribution in [0.25, 0.3) is 21.9 Å². The van der Waals surface area contributed by atoms with Crippen LogP contribution < -0.4 is 21.5 Å². The molecule has 12 nitrogen and oxygen atoms in total. The first-order chi connectivity index (χ1) is 22.9. The number of phenols is 1. The van der Waals surface area contributed by atoms with Crippen molar-refractivity contribution in [3.8, 4) is 5.75 Å². The molecule has 1 amide bonds. The summed E-state index contributed by atoms with van der Waals surface area (Å²) in [6, 6.07) is 13.7. The van der Waals surface area contributed by atoms with Crippen LogP contribution in [0.3, 0.4) is 0 Å². The van der Waals surface area contributed by atoms with Gasteiger partial charge in [0.15, 0.2) is 5.65 Å². The molecule has 3 aromatic heterocycles. The second-order valence-electron chi connectivity index (χ2n) is 11.8. The van der Waals surface area contributed by atoms with E-state index in [2.05, 4.69) is 33.0 Å². The first-order valence-corrected chi connectivity index (χ1v) is 16.2. The molecule has 47 heavy (non-hydrogen) atoms. The average Bonchev–Trinajstić information content (AvgIpc) is 3.51. The zero-order valence-corrected chi connectivity index (χ0v) is 26.7. The van der Waals surface area contributed by atoms with Gasteiger partial charge >= 0.3 is 0 Å². The van der Waals surface area contributed by atoms with Crippen LogP contribution in [0, 0.1) is 0 Å². The Hall–Kier alpha value is -4.78. The van der Waals surface area contributed by atoms with Crippen molar-refractivity contribution < 1.29 is 19.7 Å². The summed E-state index contributed by atoms with van der Waals surface area (Å²) >= 11 is 0. The molecule has 4 heterocycles. The van der Waals surface area contributed by atoms with Crippen molar-refractivity contribution in [2.75, 3.05) is 25.1 Å². The van der Waals surface area contributed by atoms with Crippen LogP contribution >= 0.6 is 0 Å². The van der Waals surface area contributed by atoms with E-state index in [1.807, 2.05) is 36.0 Å². The van der Waals surface area contributed by atoms with Crippen LogP contribution in [0.4, 0.5) is 5.69 Å². The highest BCUT2D eigenvalue weighted by Crippen LogP contribution is 2.32. The number of anilines is 1. The predicted molar refractivity (Wildman–Crippen MR) is 181 cm³/mol. The van der Waals surface area contributed by atoms with Gasteiger partial charge in [0.2, 0.25) is 5.56 Å². The third-order valence-electron chi connectivity index (χ3n) is 8.72. The number of carbonyl (C=O) groups is 1. The summed E-state index contributed by atoms with van der Waals surface area (Å²) in [6.45, 7) is 7.23. The molecule has 0 bridgehead atoms. The van der Waals surface area contributed by atoms with E-state index in [1.165, 1.54) is 12.1 Å². The Morgan fingerprint density at radius 2 is 1.94 bits per heavy atom. The molecule has 1 saturated heterocycles. The highest BCUT2D eigenvalue weighted by atomic mass is 16.5. The molecule has 6 N–H and O–H groups in total. The maximum absolute atomic E-state index is 13.4. The van der Waals surface area contributed by atoms with Gasteiger partial charge < -0.3 is 35.9 Å². The van der Waals surface area contributed by atoms with E-state index in [9.17, 15) is 19.8 Å². The van der Waals surface area contributed by atoms with Crippen LogP contribution in [0.15, 0.2) is 59.5 Å². The molecule has 0 aliphatic carbocycles. The third-order valence-corrected chi connectivity index (χ3v) is 8.72. The molecule has 246 valence electrons. The SMILES string of the molecule is CCc1nc2c(cnn2CC)c(NC2CCOCC2)c1CNC(=O)c1cccc(CNCC(O)c2ccc(O)c3[nH]c(=O)ccc23)c1. The number of hydrogen-bond donors (Lipinski definition) is 6. The number of phenolic OH excluding ortho intramolecular Hbond substituents is 1. The molecule has 0 radical (unpaired) electrons. The number of nitrogens with zero attached hydrogens (tertiary/aromatic N) is 3. The lowest BCUT2D eigenvalue weighted by molar-refractivity contribution is 0.0904. The molecular formula is C35H41N7O5. The minimum atomic E-state index is -0.887. The van der Waals surface area contributed by atoms with Crippen molar-refractivity contribution in [2.45, 2.75) is 64.9 Å². The molecule has 1 atom stereocenters.